The van der Waals surface area contributed by atoms with Gasteiger partial charge in [-0.2, -0.15) is 0 Å². The number of carbonyl (C=O) groups excluding carboxylic acids is 2. The largest absolute Gasteiger partial charge is 0.372 e. The van der Waals surface area contributed by atoms with Gasteiger partial charge in [0.25, 0.3) is 0 Å². The predicted octanol–water partition coefficient (Wildman–Crippen LogP) is 31.8. The van der Waals surface area contributed by atoms with E-state index in [0.29, 0.717) is 44.5 Å². The number of benzene rings is 7. The highest BCUT2D eigenvalue weighted by molar-refractivity contribution is 5.80. The molecule has 0 atom stereocenters. The topological polar surface area (TPSA) is 47.1 Å². The van der Waals surface area contributed by atoms with Crippen molar-refractivity contribution in [3.8, 4) is 71.0 Å². The van der Waals surface area contributed by atoms with Crippen molar-refractivity contribution in [2.45, 2.75) is 364 Å². The van der Waals surface area contributed by atoms with Gasteiger partial charge < -0.3 is 19.6 Å². The molecule has 0 aliphatic carbocycles. The third-order valence-electron chi connectivity index (χ3n) is 24.8. The zero-order valence-electron chi connectivity index (χ0n) is 80.2. The highest BCUT2D eigenvalue weighted by atomic mass is 16.1. The molecule has 0 fully saturated rings. The molecule has 0 radical (unpaired) electrons. The van der Waals surface area contributed by atoms with Gasteiger partial charge in [-0.3, -0.25) is 9.59 Å². The van der Waals surface area contributed by atoms with Crippen LogP contribution in [0.5, 0.6) is 0 Å². The van der Waals surface area contributed by atoms with E-state index >= 15 is 0 Å². The summed E-state index contributed by atoms with van der Waals surface area (Å²) >= 11 is 0. The van der Waals surface area contributed by atoms with Crippen LogP contribution in [-0.2, 0) is 0 Å². The Labute approximate surface area is 770 Å². The molecule has 0 aliphatic rings. The SMILES string of the molecule is CCCCCCCCN(CCCCCCCC)c1ccc(C#Cc2c(C#Cc3ccc(C=O)cc3)c(C#Cc3ccc(N(CCCCCCCC)CCCCCCCC)cc3)c(C#Cc3ccc(N(CCCCCCCC)CCCCCCCC)cc3)c(C#Cc3ccc(N(CCCCCCCC)CCCCCCCC)cc3)c2C#Cc2ccc(C=O)cc2)cc1. The molecule has 0 amide bonds. The lowest BCUT2D eigenvalue weighted by molar-refractivity contribution is 0.111. The number of nitrogens with zero attached hydrogens (tertiary/aromatic N) is 4. The van der Waals surface area contributed by atoms with Crippen molar-refractivity contribution in [3.05, 3.63) is 223 Å². The molecule has 126 heavy (non-hydrogen) atoms. The summed E-state index contributed by atoms with van der Waals surface area (Å²) in [6.07, 6.45) is 62.0. The second-order valence-corrected chi connectivity index (χ2v) is 35.5. The molecule has 0 aromatic heterocycles. The zero-order chi connectivity index (χ0) is 89.2. The monoisotopic (exact) mass is 1690 g/mol. The number of aldehydes is 2. The number of anilines is 4. The molecule has 0 saturated heterocycles. The molecular formula is C120H162N4O2. The van der Waals surface area contributed by atoms with Gasteiger partial charge in [0.15, 0.2) is 0 Å². The maximum absolute atomic E-state index is 12.3. The minimum Gasteiger partial charge on any atom is -0.372 e. The highest BCUT2D eigenvalue weighted by Gasteiger charge is 2.22. The number of carbonyl (C=O) groups is 2. The average molecular weight is 1690 g/mol. The Hall–Kier alpha value is -9.56. The summed E-state index contributed by atoms with van der Waals surface area (Å²) < 4.78 is 0. The van der Waals surface area contributed by atoms with Crippen LogP contribution in [0.1, 0.15) is 451 Å². The van der Waals surface area contributed by atoms with Gasteiger partial charge in [0, 0.05) is 120 Å². The van der Waals surface area contributed by atoms with E-state index in [9.17, 15) is 9.59 Å². The lowest BCUT2D eigenvalue weighted by atomic mass is 9.86. The normalized spacial score (nSPS) is 10.7. The molecule has 6 nitrogen and oxygen atoms in total. The second kappa shape index (κ2) is 66.8. The quantitative estimate of drug-likeness (QED) is 0.0215. The van der Waals surface area contributed by atoms with Gasteiger partial charge in [-0.25, -0.2) is 0 Å². The Morgan fingerprint density at radius 3 is 0.429 bits per heavy atom. The maximum Gasteiger partial charge on any atom is 0.150 e. The van der Waals surface area contributed by atoms with Gasteiger partial charge >= 0.3 is 0 Å². The van der Waals surface area contributed by atoms with E-state index < -0.39 is 0 Å². The number of rotatable bonds is 62. The van der Waals surface area contributed by atoms with E-state index in [1.165, 1.54) is 331 Å². The first-order valence-corrected chi connectivity index (χ1v) is 51.1. The van der Waals surface area contributed by atoms with Crippen molar-refractivity contribution in [2.75, 3.05) is 72.0 Å². The van der Waals surface area contributed by atoms with Crippen molar-refractivity contribution in [1.82, 2.24) is 0 Å². The van der Waals surface area contributed by atoms with E-state index in [1.54, 1.807) is 0 Å². The van der Waals surface area contributed by atoms with Gasteiger partial charge in [-0.05, 0) is 173 Å². The number of hydrogen-bond donors (Lipinski definition) is 0. The van der Waals surface area contributed by atoms with Crippen molar-refractivity contribution in [1.29, 1.82) is 0 Å². The average Bonchev–Trinajstić information content (AvgIpc) is 0.760. The van der Waals surface area contributed by atoms with Crippen LogP contribution >= 0.6 is 0 Å². The lowest BCUT2D eigenvalue weighted by Crippen LogP contribution is -2.25. The molecule has 0 saturated carbocycles. The van der Waals surface area contributed by atoms with Gasteiger partial charge in [-0.15, -0.1) is 0 Å². The Balaban J connectivity index is 1.56. The van der Waals surface area contributed by atoms with Crippen LogP contribution in [0, 0.1) is 71.0 Å². The van der Waals surface area contributed by atoms with Crippen LogP contribution in [0.4, 0.5) is 22.7 Å². The zero-order valence-corrected chi connectivity index (χ0v) is 80.2. The molecular weight excluding hydrogens is 1530 g/mol. The Kier molecular flexibility index (Phi) is 54.9. The first kappa shape index (κ1) is 104. The van der Waals surface area contributed by atoms with Crippen molar-refractivity contribution in [3.63, 3.8) is 0 Å². The van der Waals surface area contributed by atoms with Crippen LogP contribution in [0.15, 0.2) is 146 Å². The summed E-state index contributed by atoms with van der Waals surface area (Å²) in [5.74, 6) is 45.1. The predicted molar refractivity (Wildman–Crippen MR) is 548 cm³/mol. The van der Waals surface area contributed by atoms with Crippen LogP contribution in [0.3, 0.4) is 0 Å². The summed E-state index contributed by atoms with van der Waals surface area (Å²) in [5, 5.41) is 0. The van der Waals surface area contributed by atoms with E-state index in [-0.39, 0.29) is 0 Å². The van der Waals surface area contributed by atoms with Gasteiger partial charge in [0.05, 0.1) is 33.4 Å². The second-order valence-electron chi connectivity index (χ2n) is 35.5. The van der Waals surface area contributed by atoms with Crippen molar-refractivity contribution >= 4 is 35.3 Å². The third-order valence-corrected chi connectivity index (χ3v) is 24.8. The summed E-state index contributed by atoms with van der Waals surface area (Å²) in [5.41, 5.74) is 14.6. The Morgan fingerprint density at radius 1 is 0.167 bits per heavy atom. The first-order valence-electron chi connectivity index (χ1n) is 51.1. The fraction of sp³-hybridized carbons (Fsp3) is 0.533. The van der Waals surface area contributed by atoms with E-state index in [1.807, 2.05) is 48.5 Å². The first-order chi connectivity index (χ1) is 62.2. The van der Waals surface area contributed by atoms with E-state index in [4.69, 9.17) is 0 Å². The molecule has 0 bridgehead atoms. The molecule has 0 heterocycles. The Morgan fingerprint density at radius 2 is 0.294 bits per heavy atom. The van der Waals surface area contributed by atoms with Crippen LogP contribution in [0.2, 0.25) is 0 Å². The van der Waals surface area contributed by atoms with Gasteiger partial charge in [0.1, 0.15) is 12.6 Å². The fourth-order valence-electron chi connectivity index (χ4n) is 16.8. The highest BCUT2D eigenvalue weighted by Crippen LogP contribution is 2.31. The summed E-state index contributed by atoms with van der Waals surface area (Å²) in [4.78, 5) is 35.0. The van der Waals surface area contributed by atoms with Gasteiger partial charge in [0.2, 0.25) is 0 Å². The molecule has 7 aromatic carbocycles. The van der Waals surface area contributed by atoms with E-state index in [0.717, 1.165) is 98.3 Å². The Bertz CT molecular complexity index is 4260. The molecule has 0 unspecified atom stereocenters. The standard InChI is InChI=1S/C120H162N4O2/c1-9-17-25-33-41-49-93-121(94-50-42-34-26-18-10-2)111-79-65-105(66-80-111)75-89-117-115(87-73-103-57-61-109(101-125)62-58-103)118(90-76-106-67-81-112(82-68-106)122(95-51-43-35-27-19-11-3)96-52-44-36-28-20-12-4)120(92-78-108-71-85-114(86-72-108)124(99-55-47-39-31-23-15-7)100-56-48-40-32-24-16-8)119(116(117)88-74-104-59-63-110(102-126)64-60-104)91-77-107-69-83-113(84-70-107)123(97-53-45-37-29-21-13-5)98-54-46-38-30-22-14-6/h57-72,79-86,101-102H,9-56,93-100H2,1-8H3. The minimum absolute atomic E-state index is 0.570. The smallest absolute Gasteiger partial charge is 0.150 e. The molecule has 7 rings (SSSR count). The maximum atomic E-state index is 12.3. The van der Waals surface area contributed by atoms with Crippen LogP contribution in [-0.4, -0.2) is 64.9 Å². The summed E-state index contributed by atoms with van der Waals surface area (Å²) in [6, 6.07) is 50.7. The summed E-state index contributed by atoms with van der Waals surface area (Å²) in [7, 11) is 0. The molecule has 6 heteroatoms. The molecule has 674 valence electrons. The number of unbranched alkanes of at least 4 members (excludes halogenated alkanes) is 40. The molecule has 0 aliphatic heterocycles. The van der Waals surface area contributed by atoms with Crippen molar-refractivity contribution < 1.29 is 9.59 Å². The molecule has 7 aromatic rings. The number of hydrogen-bond acceptors (Lipinski definition) is 6. The fourth-order valence-corrected chi connectivity index (χ4v) is 16.8. The van der Waals surface area contributed by atoms with Gasteiger partial charge in [-0.1, -0.05) is 408 Å². The van der Waals surface area contributed by atoms with E-state index in [2.05, 4.69) is 243 Å². The molecule has 0 spiro atoms. The van der Waals surface area contributed by atoms with Crippen LogP contribution < -0.4 is 19.6 Å². The van der Waals surface area contributed by atoms with Crippen molar-refractivity contribution in [2.24, 2.45) is 0 Å². The van der Waals surface area contributed by atoms with Crippen LogP contribution in [0.25, 0.3) is 0 Å². The lowest BCUT2D eigenvalue weighted by Gasteiger charge is -2.25. The minimum atomic E-state index is 0.570. The molecule has 0 N–H and O–H groups in total. The summed E-state index contributed by atoms with van der Waals surface area (Å²) in [6.45, 7) is 26.6. The third kappa shape index (κ3) is 41.5.